The molecule has 1 fully saturated rings. The molecule has 2 aliphatic heterocycles. The zero-order valence-corrected chi connectivity index (χ0v) is 12.7. The van der Waals surface area contributed by atoms with Gasteiger partial charge >= 0.3 is 0 Å². The summed E-state index contributed by atoms with van der Waals surface area (Å²) in [4.78, 5) is 6.28. The van der Waals surface area contributed by atoms with E-state index in [4.69, 9.17) is 0 Å². The lowest BCUT2D eigenvalue weighted by Gasteiger charge is -2.43. The Morgan fingerprint density at radius 1 is 1.33 bits per heavy atom. The van der Waals surface area contributed by atoms with E-state index in [0.717, 1.165) is 38.8 Å². The molecule has 0 aliphatic carbocycles. The minimum absolute atomic E-state index is 0.137. The van der Waals surface area contributed by atoms with Gasteiger partial charge in [0, 0.05) is 23.1 Å². The first-order valence-corrected chi connectivity index (χ1v) is 8.29. The SMILES string of the molecule is CCC(O)[C@H]1CCN2CCc3c([nH]c4ccccc34)[C@H]2C1. The van der Waals surface area contributed by atoms with Crippen LogP contribution in [0.4, 0.5) is 0 Å². The number of para-hydroxylation sites is 1. The van der Waals surface area contributed by atoms with Crippen molar-refractivity contribution in [2.45, 2.75) is 44.8 Å². The van der Waals surface area contributed by atoms with Gasteiger partial charge in [-0.25, -0.2) is 0 Å². The van der Waals surface area contributed by atoms with Crippen molar-refractivity contribution in [3.8, 4) is 0 Å². The van der Waals surface area contributed by atoms with Gasteiger partial charge < -0.3 is 10.1 Å². The number of piperidine rings is 1. The van der Waals surface area contributed by atoms with E-state index in [9.17, 15) is 5.11 Å². The first-order chi connectivity index (χ1) is 10.3. The summed E-state index contributed by atoms with van der Waals surface area (Å²) in [7, 11) is 0. The van der Waals surface area contributed by atoms with Gasteiger partial charge in [0.2, 0.25) is 0 Å². The smallest absolute Gasteiger partial charge is 0.0567 e. The quantitative estimate of drug-likeness (QED) is 0.888. The van der Waals surface area contributed by atoms with Crippen LogP contribution in [0.25, 0.3) is 10.9 Å². The monoisotopic (exact) mass is 284 g/mol. The number of nitrogens with zero attached hydrogens (tertiary/aromatic N) is 1. The Morgan fingerprint density at radius 2 is 2.19 bits per heavy atom. The Bertz CT molecular complexity index is 648. The predicted octanol–water partition coefficient (Wildman–Crippen LogP) is 3.25. The molecule has 1 aromatic heterocycles. The number of H-pyrrole nitrogens is 1. The molecule has 2 aliphatic rings. The number of aliphatic hydroxyl groups is 1. The molecule has 3 heteroatoms. The van der Waals surface area contributed by atoms with Crippen molar-refractivity contribution in [2.24, 2.45) is 5.92 Å². The molecule has 0 amide bonds. The molecular formula is C18H24N2O. The fraction of sp³-hybridized carbons (Fsp3) is 0.556. The number of benzene rings is 1. The molecule has 1 aromatic carbocycles. The lowest BCUT2D eigenvalue weighted by atomic mass is 9.81. The third-order valence-corrected chi connectivity index (χ3v) is 5.55. The molecule has 3 nitrogen and oxygen atoms in total. The molecule has 0 radical (unpaired) electrons. The van der Waals surface area contributed by atoms with Gasteiger partial charge in [-0.15, -0.1) is 0 Å². The highest BCUT2D eigenvalue weighted by Gasteiger charge is 2.37. The Kier molecular flexibility index (Phi) is 3.27. The van der Waals surface area contributed by atoms with E-state index in [0.29, 0.717) is 12.0 Å². The van der Waals surface area contributed by atoms with E-state index in [-0.39, 0.29) is 6.10 Å². The van der Waals surface area contributed by atoms with Crippen molar-refractivity contribution in [2.75, 3.05) is 13.1 Å². The predicted molar refractivity (Wildman–Crippen MR) is 85.3 cm³/mol. The molecule has 0 saturated carbocycles. The number of hydrogen-bond donors (Lipinski definition) is 2. The highest BCUT2D eigenvalue weighted by molar-refractivity contribution is 5.85. The summed E-state index contributed by atoms with van der Waals surface area (Å²) in [6.07, 6.45) is 4.12. The largest absolute Gasteiger partial charge is 0.393 e. The molecule has 3 heterocycles. The Morgan fingerprint density at radius 3 is 3.05 bits per heavy atom. The lowest BCUT2D eigenvalue weighted by molar-refractivity contribution is 0.0236. The summed E-state index contributed by atoms with van der Waals surface area (Å²) < 4.78 is 0. The van der Waals surface area contributed by atoms with Crippen LogP contribution >= 0.6 is 0 Å². The maximum Gasteiger partial charge on any atom is 0.0567 e. The summed E-state index contributed by atoms with van der Waals surface area (Å²) in [5.41, 5.74) is 4.19. The van der Waals surface area contributed by atoms with Crippen LogP contribution in [0.5, 0.6) is 0 Å². The Balaban J connectivity index is 1.72. The molecule has 1 saturated heterocycles. The maximum absolute atomic E-state index is 10.2. The summed E-state index contributed by atoms with van der Waals surface area (Å²) in [6, 6.07) is 9.13. The Labute approximate surface area is 126 Å². The van der Waals surface area contributed by atoms with E-state index in [1.54, 1.807) is 0 Å². The van der Waals surface area contributed by atoms with Crippen molar-refractivity contribution >= 4 is 10.9 Å². The van der Waals surface area contributed by atoms with E-state index >= 15 is 0 Å². The number of aromatic amines is 1. The first-order valence-electron chi connectivity index (χ1n) is 8.29. The zero-order chi connectivity index (χ0) is 14.4. The van der Waals surface area contributed by atoms with Crippen molar-refractivity contribution in [1.82, 2.24) is 9.88 Å². The topological polar surface area (TPSA) is 39.3 Å². The number of hydrogen-bond acceptors (Lipinski definition) is 2. The highest BCUT2D eigenvalue weighted by atomic mass is 16.3. The molecule has 2 N–H and O–H groups in total. The molecule has 0 bridgehead atoms. The standard InChI is InChI=1S/C18H24N2O/c1-2-17(21)12-7-9-20-10-8-14-13-5-3-4-6-15(13)19-18(14)16(20)11-12/h3-6,12,16-17,19,21H,2,7-11H2,1H3/t12-,16+,17?/m0/s1. The molecule has 2 aromatic rings. The van der Waals surface area contributed by atoms with E-state index in [1.807, 2.05) is 0 Å². The fourth-order valence-electron chi connectivity index (χ4n) is 4.32. The molecule has 112 valence electrons. The summed E-state index contributed by atoms with van der Waals surface area (Å²) in [6.45, 7) is 4.38. The van der Waals surface area contributed by atoms with Crippen molar-refractivity contribution in [3.63, 3.8) is 0 Å². The molecule has 3 atom stereocenters. The Hall–Kier alpha value is -1.32. The maximum atomic E-state index is 10.2. The summed E-state index contributed by atoms with van der Waals surface area (Å²) in [5, 5.41) is 11.6. The number of fused-ring (bicyclic) bond motifs is 5. The molecule has 21 heavy (non-hydrogen) atoms. The van der Waals surface area contributed by atoms with Gasteiger partial charge in [0.15, 0.2) is 0 Å². The van der Waals surface area contributed by atoms with E-state index in [2.05, 4.69) is 41.1 Å². The number of nitrogens with one attached hydrogen (secondary N) is 1. The minimum atomic E-state index is -0.137. The number of aromatic nitrogens is 1. The van der Waals surface area contributed by atoms with Gasteiger partial charge in [0.25, 0.3) is 0 Å². The van der Waals surface area contributed by atoms with Crippen LogP contribution in [0.15, 0.2) is 24.3 Å². The van der Waals surface area contributed by atoms with Crippen LogP contribution < -0.4 is 0 Å². The summed E-state index contributed by atoms with van der Waals surface area (Å²) >= 11 is 0. The average Bonchev–Trinajstić information content (AvgIpc) is 2.92. The minimum Gasteiger partial charge on any atom is -0.393 e. The second-order valence-corrected chi connectivity index (χ2v) is 6.62. The molecule has 4 rings (SSSR count). The van der Waals surface area contributed by atoms with Crippen LogP contribution in [0, 0.1) is 5.92 Å². The van der Waals surface area contributed by atoms with E-state index < -0.39 is 0 Å². The van der Waals surface area contributed by atoms with Crippen LogP contribution in [0.3, 0.4) is 0 Å². The van der Waals surface area contributed by atoms with E-state index in [1.165, 1.54) is 22.2 Å². The molecular weight excluding hydrogens is 260 g/mol. The van der Waals surface area contributed by atoms with Crippen LogP contribution in [-0.4, -0.2) is 34.2 Å². The first kappa shape index (κ1) is 13.4. The number of aliphatic hydroxyl groups excluding tert-OH is 1. The molecule has 0 spiro atoms. The summed E-state index contributed by atoms with van der Waals surface area (Å²) in [5.74, 6) is 0.452. The van der Waals surface area contributed by atoms with Gasteiger partial charge in [-0.2, -0.15) is 0 Å². The fourth-order valence-corrected chi connectivity index (χ4v) is 4.32. The zero-order valence-electron chi connectivity index (χ0n) is 12.7. The lowest BCUT2D eigenvalue weighted by Crippen LogP contribution is -2.43. The third kappa shape index (κ3) is 2.11. The van der Waals surface area contributed by atoms with Gasteiger partial charge in [0.05, 0.1) is 12.1 Å². The highest BCUT2D eigenvalue weighted by Crippen LogP contribution is 2.42. The van der Waals surface area contributed by atoms with Crippen LogP contribution in [0.2, 0.25) is 0 Å². The molecule has 1 unspecified atom stereocenters. The average molecular weight is 284 g/mol. The van der Waals surface area contributed by atoms with Crippen LogP contribution in [0.1, 0.15) is 43.5 Å². The van der Waals surface area contributed by atoms with Gasteiger partial charge in [0.1, 0.15) is 0 Å². The second kappa shape index (κ2) is 5.15. The van der Waals surface area contributed by atoms with Gasteiger partial charge in [-0.3, -0.25) is 4.90 Å². The third-order valence-electron chi connectivity index (χ3n) is 5.55. The van der Waals surface area contributed by atoms with Crippen molar-refractivity contribution in [1.29, 1.82) is 0 Å². The van der Waals surface area contributed by atoms with Crippen LogP contribution in [-0.2, 0) is 6.42 Å². The van der Waals surface area contributed by atoms with Crippen molar-refractivity contribution in [3.05, 3.63) is 35.5 Å². The second-order valence-electron chi connectivity index (χ2n) is 6.62. The van der Waals surface area contributed by atoms with Crippen molar-refractivity contribution < 1.29 is 5.11 Å². The normalized spacial score (nSPS) is 27.3. The van der Waals surface area contributed by atoms with Gasteiger partial charge in [-0.05, 0) is 49.8 Å². The number of rotatable bonds is 2. The van der Waals surface area contributed by atoms with Gasteiger partial charge in [-0.1, -0.05) is 25.1 Å².